The standard InChI is InChI=1S/C2H2N2O2/c3-2(6)4-1-5/h(H2,3,6). The van der Waals surface area contributed by atoms with Gasteiger partial charge in [-0.3, -0.25) is 0 Å². The number of primary amides is 1. The van der Waals surface area contributed by atoms with Gasteiger partial charge >= 0.3 is 6.03 Å². The zero-order valence-electron chi connectivity index (χ0n) is 2.84. The predicted molar refractivity (Wildman–Crippen MR) is 17.7 cm³/mol. The lowest BCUT2D eigenvalue weighted by Crippen LogP contribution is -2.02. The van der Waals surface area contributed by atoms with Crippen molar-refractivity contribution in [1.82, 2.24) is 0 Å². The minimum atomic E-state index is -1.01. The second kappa shape index (κ2) is 2.11. The first-order chi connectivity index (χ1) is 2.77. The monoisotopic (exact) mass is 86.0 g/mol. The van der Waals surface area contributed by atoms with Gasteiger partial charge in [0.05, 0.1) is 0 Å². The lowest BCUT2D eigenvalue weighted by molar-refractivity contribution is 0.256. The van der Waals surface area contributed by atoms with Gasteiger partial charge < -0.3 is 5.73 Å². The molecule has 0 bridgehead atoms. The molecule has 0 fully saturated rings. The molecule has 0 saturated heterocycles. The van der Waals surface area contributed by atoms with Crippen molar-refractivity contribution in [2.45, 2.75) is 0 Å². The van der Waals surface area contributed by atoms with Gasteiger partial charge in [-0.1, -0.05) is 0 Å². The molecule has 32 valence electrons. The number of aliphatic imine (C=N–C) groups is 1. The highest BCUT2D eigenvalue weighted by Gasteiger charge is 1.76. The summed E-state index contributed by atoms with van der Waals surface area (Å²) in [6.45, 7) is 0. The van der Waals surface area contributed by atoms with Crippen molar-refractivity contribution >= 4 is 12.1 Å². The summed E-state index contributed by atoms with van der Waals surface area (Å²) in [5, 5.41) is 0. The lowest BCUT2D eigenvalue weighted by Gasteiger charge is -1.63. The third-order valence-corrected chi connectivity index (χ3v) is 0.156. The Kier molecular flexibility index (Phi) is 1.71. The van der Waals surface area contributed by atoms with Crippen molar-refractivity contribution in [3.05, 3.63) is 0 Å². The Bertz CT molecular complexity index is 102. The summed E-state index contributed by atoms with van der Waals surface area (Å²) in [6.07, 6.45) is 0.968. The van der Waals surface area contributed by atoms with Gasteiger partial charge in [0.15, 0.2) is 0 Å². The van der Waals surface area contributed by atoms with Crippen LogP contribution < -0.4 is 5.73 Å². The van der Waals surface area contributed by atoms with Crippen LogP contribution in [0.4, 0.5) is 4.79 Å². The van der Waals surface area contributed by atoms with Gasteiger partial charge in [0, 0.05) is 0 Å². The van der Waals surface area contributed by atoms with Crippen molar-refractivity contribution in [3.63, 3.8) is 0 Å². The first-order valence-electron chi connectivity index (χ1n) is 1.14. The van der Waals surface area contributed by atoms with Crippen LogP contribution in [-0.2, 0) is 4.79 Å². The highest BCUT2D eigenvalue weighted by molar-refractivity contribution is 5.77. The largest absolute Gasteiger partial charge is 0.349 e. The Morgan fingerprint density at radius 3 is 2.33 bits per heavy atom. The third kappa shape index (κ3) is 2.85. The molecule has 0 unspecified atom stereocenters. The number of amides is 2. The Labute approximate surface area is 33.7 Å². The molecule has 4 nitrogen and oxygen atoms in total. The number of hydrogen-bond acceptors (Lipinski definition) is 2. The van der Waals surface area contributed by atoms with Crippen LogP contribution in [0.15, 0.2) is 4.99 Å². The van der Waals surface area contributed by atoms with Crippen LogP contribution >= 0.6 is 0 Å². The highest BCUT2D eigenvalue weighted by atomic mass is 16.2. The Morgan fingerprint density at radius 1 is 1.83 bits per heavy atom. The number of carbonyl (C=O) groups is 1. The maximum Gasteiger partial charge on any atom is 0.349 e. The Balaban J connectivity index is 3.60. The predicted octanol–water partition coefficient (Wildman–Crippen LogP) is -0.599. The van der Waals surface area contributed by atoms with E-state index in [4.69, 9.17) is 4.79 Å². The molecule has 0 aliphatic heterocycles. The van der Waals surface area contributed by atoms with E-state index < -0.39 is 6.03 Å². The lowest BCUT2D eigenvalue weighted by atomic mass is 11.1. The van der Waals surface area contributed by atoms with Gasteiger partial charge in [-0.15, -0.1) is 4.99 Å². The Morgan fingerprint density at radius 2 is 2.33 bits per heavy atom. The van der Waals surface area contributed by atoms with Gasteiger partial charge in [0.2, 0.25) is 6.08 Å². The summed E-state index contributed by atoms with van der Waals surface area (Å²) in [7, 11) is 0. The van der Waals surface area contributed by atoms with E-state index >= 15 is 0 Å². The van der Waals surface area contributed by atoms with Crippen molar-refractivity contribution < 1.29 is 9.59 Å². The molecular formula is C2H2N2O2. The summed E-state index contributed by atoms with van der Waals surface area (Å²) in [5.41, 5.74) is 4.33. The number of nitrogens with two attached hydrogens (primary N) is 1. The SMILES string of the molecule is NC(=O)N=C=O. The molecule has 2 N–H and O–H groups in total. The van der Waals surface area contributed by atoms with E-state index in [1.807, 2.05) is 0 Å². The van der Waals surface area contributed by atoms with E-state index in [1.165, 1.54) is 0 Å². The van der Waals surface area contributed by atoms with Crippen LogP contribution in [0.2, 0.25) is 0 Å². The highest BCUT2D eigenvalue weighted by Crippen LogP contribution is 1.55. The van der Waals surface area contributed by atoms with E-state index in [-0.39, 0.29) is 0 Å². The minimum Gasteiger partial charge on any atom is -0.349 e. The summed E-state index contributed by atoms with van der Waals surface area (Å²) in [5.74, 6) is 0. The van der Waals surface area contributed by atoms with Gasteiger partial charge in [0.1, 0.15) is 0 Å². The van der Waals surface area contributed by atoms with Gasteiger partial charge in [-0.2, -0.15) is 0 Å². The molecular weight excluding hydrogens is 84.0 g/mol. The summed E-state index contributed by atoms with van der Waals surface area (Å²) in [4.78, 5) is 20.9. The average Bonchev–Trinajstić information content (AvgIpc) is 1.35. The van der Waals surface area contributed by atoms with Crippen LogP contribution in [0, 0.1) is 0 Å². The number of carbonyl (C=O) groups excluding carboxylic acids is 2. The van der Waals surface area contributed by atoms with Crippen molar-refractivity contribution in [2.24, 2.45) is 10.7 Å². The number of isocyanates is 1. The first-order valence-corrected chi connectivity index (χ1v) is 1.14. The smallest absolute Gasteiger partial charge is 0.349 e. The first kappa shape index (κ1) is 4.85. The van der Waals surface area contributed by atoms with E-state index in [0.29, 0.717) is 0 Å². The number of rotatable bonds is 0. The van der Waals surface area contributed by atoms with Gasteiger partial charge in [-0.25, -0.2) is 9.59 Å². The van der Waals surface area contributed by atoms with Crippen LogP contribution in [0.25, 0.3) is 0 Å². The zero-order chi connectivity index (χ0) is 4.99. The number of hydrogen-bond donors (Lipinski definition) is 1. The fourth-order valence-electron chi connectivity index (χ4n) is 0.0450. The second-order valence-corrected chi connectivity index (χ2v) is 0.541. The number of nitrogens with zero attached hydrogens (tertiary/aromatic N) is 1. The van der Waals surface area contributed by atoms with E-state index in [2.05, 4.69) is 10.7 Å². The van der Waals surface area contributed by atoms with Crippen molar-refractivity contribution in [3.8, 4) is 0 Å². The fourth-order valence-corrected chi connectivity index (χ4v) is 0.0450. The zero-order valence-corrected chi connectivity index (χ0v) is 2.84. The molecule has 4 heteroatoms. The molecule has 6 heavy (non-hydrogen) atoms. The van der Waals surface area contributed by atoms with Gasteiger partial charge in [-0.05, 0) is 0 Å². The molecule has 0 spiro atoms. The summed E-state index contributed by atoms with van der Waals surface area (Å²) in [6, 6.07) is -1.01. The van der Waals surface area contributed by atoms with Gasteiger partial charge in [0.25, 0.3) is 0 Å². The average molecular weight is 86.0 g/mol. The maximum atomic E-state index is 9.39. The molecule has 0 aromatic carbocycles. The number of urea groups is 1. The van der Waals surface area contributed by atoms with Crippen LogP contribution in [-0.4, -0.2) is 12.1 Å². The molecule has 2 amide bonds. The molecule has 0 rings (SSSR count). The fraction of sp³-hybridized carbons (Fsp3) is 0. The molecule has 0 aromatic heterocycles. The third-order valence-electron chi connectivity index (χ3n) is 0.156. The van der Waals surface area contributed by atoms with E-state index in [9.17, 15) is 4.79 Å². The quantitative estimate of drug-likeness (QED) is 0.316. The molecule has 0 radical (unpaired) electrons. The minimum absolute atomic E-state index is 0.968. The van der Waals surface area contributed by atoms with E-state index in [0.717, 1.165) is 6.08 Å². The normalized spacial score (nSPS) is 6.00. The summed E-state index contributed by atoms with van der Waals surface area (Å²) < 4.78 is 0. The Hall–Kier alpha value is -1.15. The molecule has 0 aromatic rings. The molecule has 0 atom stereocenters. The molecule has 0 saturated carbocycles. The maximum absolute atomic E-state index is 9.39. The van der Waals surface area contributed by atoms with E-state index in [1.54, 1.807) is 0 Å². The molecule has 0 aliphatic carbocycles. The topological polar surface area (TPSA) is 72.5 Å². The van der Waals surface area contributed by atoms with Crippen LogP contribution in [0.5, 0.6) is 0 Å². The van der Waals surface area contributed by atoms with Crippen molar-refractivity contribution in [1.29, 1.82) is 0 Å². The second-order valence-electron chi connectivity index (χ2n) is 0.541. The van der Waals surface area contributed by atoms with Crippen LogP contribution in [0.3, 0.4) is 0 Å². The molecule has 0 aliphatic rings. The van der Waals surface area contributed by atoms with Crippen molar-refractivity contribution in [2.75, 3.05) is 0 Å². The molecule has 0 heterocycles. The summed E-state index contributed by atoms with van der Waals surface area (Å²) >= 11 is 0. The van der Waals surface area contributed by atoms with Crippen LogP contribution in [0.1, 0.15) is 0 Å².